The molecule has 0 amide bonds. The number of benzene rings is 4. The summed E-state index contributed by atoms with van der Waals surface area (Å²) in [6.45, 7) is -1.67. The topological polar surface area (TPSA) is 244 Å². The molecule has 0 heterocycles. The Morgan fingerprint density at radius 3 is 0.735 bits per heavy atom. The standard InChI is InChI=1S/C29H26N4O14P2/c34-30(35)26-9-1-22(2-10-26)17-44-48(42,45-18-23-3-11-27(12-4-23)31(36)37)21-49(43,46-19-24-5-13-28(14-6-24)32(38)39)47-20-25-7-15-29(16-8-25)33(40)41/h1-16H,17-21H2. The van der Waals surface area contributed by atoms with Crippen molar-refractivity contribution in [1.82, 2.24) is 0 Å². The molecule has 18 nitrogen and oxygen atoms in total. The predicted octanol–water partition coefficient (Wildman–Crippen LogP) is 7.83. The van der Waals surface area contributed by atoms with Gasteiger partial charge in [-0.25, -0.2) is 0 Å². The molecule has 4 aromatic rings. The van der Waals surface area contributed by atoms with Gasteiger partial charge in [-0.05, 0) is 70.8 Å². The zero-order valence-corrected chi connectivity index (χ0v) is 27.0. The molecule has 0 aliphatic heterocycles. The Balaban J connectivity index is 1.60. The summed E-state index contributed by atoms with van der Waals surface area (Å²) in [6.07, 6.45) is 0. The second-order valence-electron chi connectivity index (χ2n) is 10.2. The van der Waals surface area contributed by atoms with Crippen LogP contribution in [0.25, 0.3) is 0 Å². The Labute approximate surface area is 276 Å². The normalized spacial score (nSPS) is 11.6. The van der Waals surface area contributed by atoms with Crippen molar-refractivity contribution >= 4 is 37.9 Å². The Morgan fingerprint density at radius 1 is 0.388 bits per heavy atom. The highest BCUT2D eigenvalue weighted by Gasteiger charge is 2.39. The van der Waals surface area contributed by atoms with Crippen LogP contribution in [0.4, 0.5) is 22.7 Å². The zero-order chi connectivity index (χ0) is 35.6. The van der Waals surface area contributed by atoms with Crippen LogP contribution in [0.15, 0.2) is 97.1 Å². The minimum Gasteiger partial charge on any atom is -0.303 e. The molecule has 0 fully saturated rings. The van der Waals surface area contributed by atoms with Crippen LogP contribution >= 0.6 is 15.2 Å². The first-order valence-corrected chi connectivity index (χ1v) is 17.4. The Morgan fingerprint density at radius 2 is 0.571 bits per heavy atom. The largest absolute Gasteiger partial charge is 0.343 e. The van der Waals surface area contributed by atoms with Crippen LogP contribution < -0.4 is 0 Å². The van der Waals surface area contributed by atoms with Crippen LogP contribution in [0.5, 0.6) is 0 Å². The second-order valence-corrected chi connectivity index (χ2v) is 14.8. The van der Waals surface area contributed by atoms with E-state index in [1.54, 1.807) is 0 Å². The number of hydrogen-bond acceptors (Lipinski definition) is 14. The van der Waals surface area contributed by atoms with Crippen molar-refractivity contribution in [1.29, 1.82) is 0 Å². The minimum atomic E-state index is -4.48. The summed E-state index contributed by atoms with van der Waals surface area (Å²) >= 11 is 0. The molecule has 0 aliphatic rings. The lowest BCUT2D eigenvalue weighted by Crippen LogP contribution is -2.07. The third kappa shape index (κ3) is 10.9. The molecule has 0 radical (unpaired) electrons. The van der Waals surface area contributed by atoms with E-state index < -0.39 is 67.2 Å². The average Bonchev–Trinajstić information content (AvgIpc) is 3.09. The average molecular weight is 716 g/mol. The number of nitro groups is 4. The van der Waals surface area contributed by atoms with E-state index in [9.17, 15) is 49.6 Å². The molecule has 4 rings (SSSR count). The van der Waals surface area contributed by atoms with Crippen LogP contribution in [0.1, 0.15) is 22.3 Å². The molecular formula is C29H26N4O14P2. The van der Waals surface area contributed by atoms with Crippen molar-refractivity contribution in [3.8, 4) is 0 Å². The van der Waals surface area contributed by atoms with Crippen LogP contribution in [0, 0.1) is 40.5 Å². The van der Waals surface area contributed by atoms with E-state index in [2.05, 4.69) is 0 Å². The molecule has 0 atom stereocenters. The van der Waals surface area contributed by atoms with Crippen LogP contribution in [0.3, 0.4) is 0 Å². The fourth-order valence-corrected chi connectivity index (χ4v) is 8.53. The predicted molar refractivity (Wildman–Crippen MR) is 172 cm³/mol. The van der Waals surface area contributed by atoms with E-state index in [4.69, 9.17) is 18.1 Å². The summed E-state index contributed by atoms with van der Waals surface area (Å²) in [5.74, 6) is -0.958. The van der Waals surface area contributed by atoms with Crippen LogP contribution in [0.2, 0.25) is 0 Å². The van der Waals surface area contributed by atoms with E-state index in [-0.39, 0.29) is 22.7 Å². The first-order chi connectivity index (χ1) is 23.2. The van der Waals surface area contributed by atoms with Gasteiger partial charge in [0.15, 0.2) is 5.90 Å². The third-order valence-corrected chi connectivity index (χ3v) is 11.5. The molecule has 49 heavy (non-hydrogen) atoms. The van der Waals surface area contributed by atoms with Gasteiger partial charge in [0.25, 0.3) is 22.7 Å². The molecule has 0 saturated heterocycles. The first-order valence-electron chi connectivity index (χ1n) is 13.9. The monoisotopic (exact) mass is 716 g/mol. The smallest absolute Gasteiger partial charge is 0.303 e. The highest BCUT2D eigenvalue weighted by atomic mass is 31.2. The highest BCUT2D eigenvalue weighted by molar-refractivity contribution is 7.71. The summed E-state index contributed by atoms with van der Waals surface area (Å²) in [5.41, 5.74) is 0.568. The van der Waals surface area contributed by atoms with Gasteiger partial charge in [-0.1, -0.05) is 0 Å². The van der Waals surface area contributed by atoms with Gasteiger partial charge in [-0.3, -0.25) is 49.6 Å². The molecule has 0 aromatic heterocycles. The number of non-ortho nitro benzene ring substituents is 4. The number of nitro benzene ring substituents is 4. The molecule has 0 saturated carbocycles. The van der Waals surface area contributed by atoms with Crippen LogP contribution in [-0.4, -0.2) is 25.6 Å². The van der Waals surface area contributed by atoms with Crippen molar-refractivity contribution in [3.63, 3.8) is 0 Å². The number of rotatable bonds is 18. The maximum Gasteiger partial charge on any atom is 0.343 e. The van der Waals surface area contributed by atoms with Crippen molar-refractivity contribution < 1.29 is 46.9 Å². The summed E-state index contributed by atoms with van der Waals surface area (Å²) in [7, 11) is -8.95. The lowest BCUT2D eigenvalue weighted by atomic mass is 10.2. The van der Waals surface area contributed by atoms with E-state index >= 15 is 0 Å². The molecule has 0 spiro atoms. The minimum absolute atomic E-state index is 0.204. The van der Waals surface area contributed by atoms with Gasteiger partial charge in [-0.2, -0.15) is 0 Å². The van der Waals surface area contributed by atoms with Gasteiger partial charge >= 0.3 is 15.2 Å². The van der Waals surface area contributed by atoms with Crippen molar-refractivity contribution in [2.45, 2.75) is 26.4 Å². The molecule has 0 bridgehead atoms. The van der Waals surface area contributed by atoms with E-state index in [1.807, 2.05) is 0 Å². The van der Waals surface area contributed by atoms with E-state index in [0.717, 1.165) is 0 Å². The Kier molecular flexibility index (Phi) is 12.1. The summed E-state index contributed by atoms with van der Waals surface area (Å²) in [4.78, 5) is 41.7. The summed E-state index contributed by atoms with van der Waals surface area (Å²) < 4.78 is 51.1. The SMILES string of the molecule is O=[N+]([O-])c1ccc(COP(=O)(CP(=O)(OCc2ccc([N+](=O)[O-])cc2)OCc2ccc([N+](=O)[O-])cc2)OCc2ccc([N+](=O)[O-])cc2)cc1. The maximum atomic E-state index is 14.2. The lowest BCUT2D eigenvalue weighted by molar-refractivity contribution is -0.385. The molecule has 0 unspecified atom stereocenters. The van der Waals surface area contributed by atoms with Gasteiger partial charge in [0, 0.05) is 48.5 Å². The lowest BCUT2D eigenvalue weighted by Gasteiger charge is -2.24. The van der Waals surface area contributed by atoms with Crippen molar-refractivity contribution in [3.05, 3.63) is 160 Å². The van der Waals surface area contributed by atoms with Gasteiger partial charge in [-0.15, -0.1) is 0 Å². The number of nitrogens with zero attached hydrogens (tertiary/aromatic N) is 4. The third-order valence-electron chi connectivity index (χ3n) is 6.65. The Hall–Kier alpha value is -5.22. The van der Waals surface area contributed by atoms with Gasteiger partial charge in [0.05, 0.1) is 46.1 Å². The van der Waals surface area contributed by atoms with Crippen LogP contribution in [-0.2, 0) is 53.7 Å². The quantitative estimate of drug-likeness (QED) is 0.0541. The van der Waals surface area contributed by atoms with Gasteiger partial charge in [0.2, 0.25) is 0 Å². The molecule has 4 aromatic carbocycles. The fraction of sp³-hybridized carbons (Fsp3) is 0.172. The molecule has 0 aliphatic carbocycles. The Bertz CT molecular complexity index is 1640. The van der Waals surface area contributed by atoms with Crippen molar-refractivity contribution in [2.75, 3.05) is 5.90 Å². The molecule has 0 N–H and O–H groups in total. The molecule has 20 heteroatoms. The molecule has 256 valence electrons. The van der Waals surface area contributed by atoms with Gasteiger partial charge < -0.3 is 18.1 Å². The molecular weight excluding hydrogens is 690 g/mol. The number of hydrogen-bond donors (Lipinski definition) is 0. The van der Waals surface area contributed by atoms with Crippen molar-refractivity contribution in [2.24, 2.45) is 0 Å². The maximum absolute atomic E-state index is 14.2. The second kappa shape index (κ2) is 16.3. The zero-order valence-electron chi connectivity index (χ0n) is 25.2. The van der Waals surface area contributed by atoms with E-state index in [1.165, 1.54) is 97.1 Å². The highest BCUT2D eigenvalue weighted by Crippen LogP contribution is 2.65. The first kappa shape index (κ1) is 36.6. The summed E-state index contributed by atoms with van der Waals surface area (Å²) in [5, 5.41) is 44.2. The fourth-order valence-electron chi connectivity index (χ4n) is 4.00. The van der Waals surface area contributed by atoms with E-state index in [0.29, 0.717) is 22.3 Å². The summed E-state index contributed by atoms with van der Waals surface area (Å²) in [6, 6.07) is 20.5. The van der Waals surface area contributed by atoms with Gasteiger partial charge in [0.1, 0.15) is 0 Å².